The van der Waals surface area contributed by atoms with Gasteiger partial charge in [-0.2, -0.15) is 0 Å². The molecule has 6 heteroatoms. The molecule has 0 bridgehead atoms. The summed E-state index contributed by atoms with van der Waals surface area (Å²) in [6.45, 7) is 5.24. The molecule has 2 fully saturated rings. The summed E-state index contributed by atoms with van der Waals surface area (Å²) in [5, 5.41) is 10.6. The summed E-state index contributed by atoms with van der Waals surface area (Å²) in [7, 11) is 2.14. The van der Waals surface area contributed by atoms with Gasteiger partial charge in [0.05, 0.1) is 6.10 Å². The van der Waals surface area contributed by atoms with Crippen LogP contribution in [0.3, 0.4) is 0 Å². The predicted octanol–water partition coefficient (Wildman–Crippen LogP) is 1.43. The standard InChI is InChI=1S/C19H28FN3O2/c1-21-9-2-10-22(14-13-21)17-7-11-23(12-8-18(17)24)19(25)15-3-5-16(20)6-4-15/h3-6,17-18,24H,2,7-14H2,1H3/t17-,18-/m0/s1. The Morgan fingerprint density at radius 3 is 2.52 bits per heavy atom. The van der Waals surface area contributed by atoms with E-state index in [2.05, 4.69) is 16.8 Å². The van der Waals surface area contributed by atoms with Crippen LogP contribution in [-0.4, -0.2) is 84.2 Å². The predicted molar refractivity (Wildman–Crippen MR) is 95.0 cm³/mol. The number of aliphatic hydroxyl groups excluding tert-OH is 1. The number of nitrogens with zero attached hydrogens (tertiary/aromatic N) is 3. The lowest BCUT2D eigenvalue weighted by atomic mass is 10.0. The Morgan fingerprint density at radius 1 is 1.04 bits per heavy atom. The van der Waals surface area contributed by atoms with Gasteiger partial charge in [0, 0.05) is 37.8 Å². The van der Waals surface area contributed by atoms with E-state index < -0.39 is 6.10 Å². The third-order valence-electron chi connectivity index (χ3n) is 5.44. The van der Waals surface area contributed by atoms with Crippen LogP contribution in [-0.2, 0) is 0 Å². The van der Waals surface area contributed by atoms with Gasteiger partial charge in [-0.05, 0) is 63.7 Å². The lowest BCUT2D eigenvalue weighted by Crippen LogP contribution is -2.45. The normalized spacial score (nSPS) is 26.9. The first kappa shape index (κ1) is 18.3. The van der Waals surface area contributed by atoms with Gasteiger partial charge in [0.15, 0.2) is 0 Å². The van der Waals surface area contributed by atoms with E-state index in [1.165, 1.54) is 24.3 Å². The van der Waals surface area contributed by atoms with E-state index in [4.69, 9.17) is 0 Å². The maximum absolute atomic E-state index is 13.1. The van der Waals surface area contributed by atoms with E-state index in [1.807, 2.05) is 0 Å². The van der Waals surface area contributed by atoms with Crippen molar-refractivity contribution in [3.8, 4) is 0 Å². The largest absolute Gasteiger partial charge is 0.391 e. The van der Waals surface area contributed by atoms with Crippen molar-refractivity contribution in [1.29, 1.82) is 0 Å². The highest BCUT2D eigenvalue weighted by molar-refractivity contribution is 5.94. The van der Waals surface area contributed by atoms with Gasteiger partial charge in [0.2, 0.25) is 0 Å². The highest BCUT2D eigenvalue weighted by Gasteiger charge is 2.31. The number of carbonyl (C=O) groups excluding carboxylic acids is 1. The second-order valence-electron chi connectivity index (χ2n) is 7.20. The van der Waals surface area contributed by atoms with Crippen molar-refractivity contribution >= 4 is 5.91 Å². The number of likely N-dealkylation sites (tertiary alicyclic amines) is 1. The van der Waals surface area contributed by atoms with Crippen LogP contribution in [0.2, 0.25) is 0 Å². The highest BCUT2D eigenvalue weighted by Crippen LogP contribution is 2.20. The average molecular weight is 349 g/mol. The Hall–Kier alpha value is -1.50. The number of likely N-dealkylation sites (N-methyl/N-ethyl adjacent to an activating group) is 1. The average Bonchev–Trinajstić information content (AvgIpc) is 2.93. The minimum absolute atomic E-state index is 0.0801. The van der Waals surface area contributed by atoms with Gasteiger partial charge in [0.1, 0.15) is 5.82 Å². The first-order valence-electron chi connectivity index (χ1n) is 9.20. The summed E-state index contributed by atoms with van der Waals surface area (Å²) in [4.78, 5) is 19.2. The molecular weight excluding hydrogens is 321 g/mol. The quantitative estimate of drug-likeness (QED) is 0.877. The van der Waals surface area contributed by atoms with Crippen LogP contribution < -0.4 is 0 Å². The molecule has 25 heavy (non-hydrogen) atoms. The Bertz CT molecular complexity index is 581. The molecule has 2 aliphatic rings. The van der Waals surface area contributed by atoms with Crippen LogP contribution >= 0.6 is 0 Å². The molecule has 0 spiro atoms. The number of benzene rings is 1. The number of aliphatic hydroxyl groups is 1. The van der Waals surface area contributed by atoms with E-state index >= 15 is 0 Å². The van der Waals surface area contributed by atoms with Crippen molar-refractivity contribution < 1.29 is 14.3 Å². The zero-order valence-corrected chi connectivity index (χ0v) is 14.9. The van der Waals surface area contributed by atoms with Gasteiger partial charge in [-0.25, -0.2) is 4.39 Å². The molecule has 1 aromatic rings. The number of halogens is 1. The van der Waals surface area contributed by atoms with E-state index in [1.54, 1.807) is 4.90 Å². The fraction of sp³-hybridized carbons (Fsp3) is 0.632. The molecule has 1 aromatic carbocycles. The van der Waals surface area contributed by atoms with Crippen LogP contribution in [0.5, 0.6) is 0 Å². The van der Waals surface area contributed by atoms with Gasteiger partial charge in [-0.1, -0.05) is 0 Å². The molecule has 1 amide bonds. The van der Waals surface area contributed by atoms with E-state index in [-0.39, 0.29) is 17.8 Å². The van der Waals surface area contributed by atoms with Gasteiger partial charge in [-0.3, -0.25) is 9.69 Å². The number of hydrogen-bond acceptors (Lipinski definition) is 4. The molecule has 2 aliphatic heterocycles. The summed E-state index contributed by atoms with van der Waals surface area (Å²) in [6, 6.07) is 5.80. The van der Waals surface area contributed by atoms with Crippen LogP contribution in [0.1, 0.15) is 29.6 Å². The molecule has 2 atom stereocenters. The van der Waals surface area contributed by atoms with E-state index in [0.717, 1.165) is 39.0 Å². The summed E-state index contributed by atoms with van der Waals surface area (Å²) in [5.74, 6) is -0.419. The fourth-order valence-electron chi connectivity index (χ4n) is 3.87. The Kier molecular flexibility index (Phi) is 6.04. The first-order valence-corrected chi connectivity index (χ1v) is 9.20. The van der Waals surface area contributed by atoms with Gasteiger partial charge < -0.3 is 14.9 Å². The van der Waals surface area contributed by atoms with Crippen molar-refractivity contribution in [3.05, 3.63) is 35.6 Å². The van der Waals surface area contributed by atoms with Crippen LogP contribution in [0, 0.1) is 5.82 Å². The van der Waals surface area contributed by atoms with Crippen LogP contribution in [0.4, 0.5) is 4.39 Å². The zero-order valence-electron chi connectivity index (χ0n) is 14.9. The molecule has 0 unspecified atom stereocenters. The topological polar surface area (TPSA) is 47.0 Å². The SMILES string of the molecule is CN1CCCN([C@H]2CCN(C(=O)c3ccc(F)cc3)CC[C@@H]2O)CC1. The van der Waals surface area contributed by atoms with E-state index in [9.17, 15) is 14.3 Å². The minimum Gasteiger partial charge on any atom is -0.391 e. The lowest BCUT2D eigenvalue weighted by Gasteiger charge is -2.32. The maximum Gasteiger partial charge on any atom is 0.253 e. The monoisotopic (exact) mass is 349 g/mol. The van der Waals surface area contributed by atoms with Crippen molar-refractivity contribution in [3.63, 3.8) is 0 Å². The molecule has 1 N–H and O–H groups in total. The molecular formula is C19H28FN3O2. The molecule has 0 aliphatic carbocycles. The number of carbonyl (C=O) groups is 1. The van der Waals surface area contributed by atoms with Crippen molar-refractivity contribution in [2.45, 2.75) is 31.4 Å². The van der Waals surface area contributed by atoms with Gasteiger partial charge >= 0.3 is 0 Å². The summed E-state index contributed by atoms with van der Waals surface area (Å²) >= 11 is 0. The van der Waals surface area contributed by atoms with Crippen molar-refractivity contribution in [1.82, 2.24) is 14.7 Å². The molecule has 0 saturated carbocycles. The smallest absolute Gasteiger partial charge is 0.253 e. The summed E-state index contributed by atoms with van der Waals surface area (Å²) in [6.07, 6.45) is 2.06. The third kappa shape index (κ3) is 4.57. The second kappa shape index (κ2) is 8.25. The highest BCUT2D eigenvalue weighted by atomic mass is 19.1. The van der Waals surface area contributed by atoms with Crippen LogP contribution in [0.15, 0.2) is 24.3 Å². The Balaban J connectivity index is 1.64. The third-order valence-corrected chi connectivity index (χ3v) is 5.44. The number of amides is 1. The van der Waals surface area contributed by atoms with Crippen molar-refractivity contribution in [2.75, 3.05) is 46.3 Å². The Morgan fingerprint density at radius 2 is 1.76 bits per heavy atom. The van der Waals surface area contributed by atoms with Gasteiger partial charge in [-0.15, -0.1) is 0 Å². The molecule has 138 valence electrons. The summed E-state index contributed by atoms with van der Waals surface area (Å²) in [5.41, 5.74) is 0.505. The lowest BCUT2D eigenvalue weighted by molar-refractivity contribution is 0.0491. The number of rotatable bonds is 2. The maximum atomic E-state index is 13.1. The molecule has 0 aromatic heterocycles. The van der Waals surface area contributed by atoms with Crippen molar-refractivity contribution in [2.24, 2.45) is 0 Å². The second-order valence-corrected chi connectivity index (χ2v) is 7.20. The molecule has 2 heterocycles. The minimum atomic E-state index is -0.408. The summed E-state index contributed by atoms with van der Waals surface area (Å²) < 4.78 is 13.1. The van der Waals surface area contributed by atoms with Crippen LogP contribution in [0.25, 0.3) is 0 Å². The first-order chi connectivity index (χ1) is 12.0. The number of hydrogen-bond donors (Lipinski definition) is 1. The fourth-order valence-corrected chi connectivity index (χ4v) is 3.87. The molecule has 2 saturated heterocycles. The zero-order chi connectivity index (χ0) is 17.8. The Labute approximate surface area is 149 Å². The molecule has 3 rings (SSSR count). The van der Waals surface area contributed by atoms with E-state index in [0.29, 0.717) is 25.1 Å². The van der Waals surface area contributed by atoms with Gasteiger partial charge in [0.25, 0.3) is 5.91 Å². The molecule has 5 nitrogen and oxygen atoms in total. The molecule has 0 radical (unpaired) electrons.